The molecule has 28 heavy (non-hydrogen) atoms. The van der Waals surface area contributed by atoms with Crippen molar-refractivity contribution in [2.75, 3.05) is 54.4 Å². The summed E-state index contributed by atoms with van der Waals surface area (Å²) < 4.78 is 0. The van der Waals surface area contributed by atoms with Crippen LogP contribution in [0.5, 0.6) is 0 Å². The molecule has 3 rings (SSSR count). The summed E-state index contributed by atoms with van der Waals surface area (Å²) in [6.07, 6.45) is 3.39. The number of carbonyl (C=O) groups excluding carboxylic acids is 2. The minimum atomic E-state index is -0.611. The molecule has 0 unspecified atom stereocenters. The molecule has 0 saturated carbocycles. The van der Waals surface area contributed by atoms with Gasteiger partial charge in [-0.05, 0) is 44.2 Å². The van der Waals surface area contributed by atoms with Gasteiger partial charge in [0.05, 0.1) is 0 Å². The summed E-state index contributed by atoms with van der Waals surface area (Å²) >= 11 is 0. The van der Waals surface area contributed by atoms with Gasteiger partial charge in [0.2, 0.25) is 5.95 Å². The van der Waals surface area contributed by atoms with Crippen LogP contribution >= 0.6 is 0 Å². The van der Waals surface area contributed by atoms with Crippen molar-refractivity contribution in [2.24, 2.45) is 0 Å². The van der Waals surface area contributed by atoms with Crippen LogP contribution in [0.1, 0.15) is 13.8 Å². The van der Waals surface area contributed by atoms with Gasteiger partial charge in [-0.15, -0.1) is 0 Å². The number of benzene rings is 1. The van der Waals surface area contributed by atoms with Gasteiger partial charge in [-0.3, -0.25) is 9.59 Å². The van der Waals surface area contributed by atoms with E-state index in [2.05, 4.69) is 34.0 Å². The quantitative estimate of drug-likeness (QED) is 0.792. The summed E-state index contributed by atoms with van der Waals surface area (Å²) in [5.74, 6) is -0.478. The fourth-order valence-electron chi connectivity index (χ4n) is 3.24. The third-order valence-electron chi connectivity index (χ3n) is 4.85. The summed E-state index contributed by atoms with van der Waals surface area (Å²) in [6, 6.07) is 9.31. The van der Waals surface area contributed by atoms with Crippen molar-refractivity contribution in [3.8, 4) is 0 Å². The minimum Gasteiger partial charge on any atom is -0.372 e. The molecule has 1 aromatic heterocycles. The van der Waals surface area contributed by atoms with Crippen LogP contribution < -0.4 is 15.1 Å². The van der Waals surface area contributed by atoms with Crippen molar-refractivity contribution in [1.82, 2.24) is 14.9 Å². The van der Waals surface area contributed by atoms with Gasteiger partial charge in [-0.1, -0.05) is 0 Å². The first-order valence-electron chi connectivity index (χ1n) is 9.59. The Morgan fingerprint density at radius 1 is 1.00 bits per heavy atom. The average molecular weight is 382 g/mol. The Morgan fingerprint density at radius 3 is 2.18 bits per heavy atom. The van der Waals surface area contributed by atoms with Gasteiger partial charge in [-0.2, -0.15) is 0 Å². The fourth-order valence-corrected chi connectivity index (χ4v) is 3.24. The van der Waals surface area contributed by atoms with Crippen molar-refractivity contribution in [1.29, 1.82) is 0 Å². The van der Waals surface area contributed by atoms with E-state index in [1.807, 2.05) is 29.2 Å². The summed E-state index contributed by atoms with van der Waals surface area (Å²) in [7, 11) is 0. The minimum absolute atomic E-state index is 0.464. The normalized spacial score (nSPS) is 13.9. The van der Waals surface area contributed by atoms with Crippen LogP contribution in [-0.2, 0) is 9.59 Å². The Hall–Kier alpha value is -3.16. The molecule has 0 bridgehead atoms. The third kappa shape index (κ3) is 4.57. The Balaban J connectivity index is 1.53. The Kier molecular flexibility index (Phi) is 6.41. The molecule has 1 aliphatic rings. The second kappa shape index (κ2) is 9.16. The lowest BCUT2D eigenvalue weighted by molar-refractivity contribution is -0.143. The molecule has 1 fully saturated rings. The zero-order valence-electron chi connectivity index (χ0n) is 16.3. The van der Waals surface area contributed by atoms with Crippen LogP contribution in [0.15, 0.2) is 42.7 Å². The number of nitrogens with zero attached hydrogens (tertiary/aromatic N) is 5. The van der Waals surface area contributed by atoms with Crippen molar-refractivity contribution in [3.05, 3.63) is 42.7 Å². The van der Waals surface area contributed by atoms with Crippen molar-refractivity contribution in [3.63, 3.8) is 0 Å². The maximum Gasteiger partial charge on any atom is 0.313 e. The largest absolute Gasteiger partial charge is 0.372 e. The van der Waals surface area contributed by atoms with Crippen LogP contribution in [0.2, 0.25) is 0 Å². The number of aromatic nitrogens is 2. The molecular formula is C20H26N6O2. The number of hydrogen-bond donors (Lipinski definition) is 1. The lowest BCUT2D eigenvalue weighted by Gasteiger charge is -2.34. The number of nitrogens with one attached hydrogen (secondary N) is 1. The second-order valence-electron chi connectivity index (χ2n) is 6.50. The van der Waals surface area contributed by atoms with E-state index in [9.17, 15) is 9.59 Å². The van der Waals surface area contributed by atoms with Crippen LogP contribution in [0.3, 0.4) is 0 Å². The highest BCUT2D eigenvalue weighted by atomic mass is 16.2. The van der Waals surface area contributed by atoms with E-state index in [1.165, 1.54) is 0 Å². The van der Waals surface area contributed by atoms with Crippen LogP contribution in [0.25, 0.3) is 0 Å². The third-order valence-corrected chi connectivity index (χ3v) is 4.85. The van der Waals surface area contributed by atoms with E-state index in [0.717, 1.165) is 18.8 Å². The van der Waals surface area contributed by atoms with E-state index in [1.54, 1.807) is 23.4 Å². The fraction of sp³-hybridized carbons (Fsp3) is 0.400. The number of anilines is 3. The molecule has 2 aromatic rings. The summed E-state index contributed by atoms with van der Waals surface area (Å²) in [6.45, 7) is 8.16. The van der Waals surface area contributed by atoms with E-state index in [-0.39, 0.29) is 0 Å². The number of amides is 2. The molecule has 1 aliphatic heterocycles. The molecule has 2 amide bonds. The van der Waals surface area contributed by atoms with Gasteiger partial charge < -0.3 is 20.0 Å². The number of carbonyl (C=O) groups is 2. The Morgan fingerprint density at radius 2 is 1.61 bits per heavy atom. The first-order valence-corrected chi connectivity index (χ1v) is 9.59. The van der Waals surface area contributed by atoms with Gasteiger partial charge in [0.25, 0.3) is 0 Å². The summed E-state index contributed by atoms with van der Waals surface area (Å²) in [5.41, 5.74) is 1.71. The topological polar surface area (TPSA) is 81.7 Å². The van der Waals surface area contributed by atoms with Crippen molar-refractivity contribution in [2.45, 2.75) is 13.8 Å². The highest BCUT2D eigenvalue weighted by Crippen LogP contribution is 2.18. The van der Waals surface area contributed by atoms with E-state index in [4.69, 9.17) is 0 Å². The molecule has 0 spiro atoms. The second-order valence-corrected chi connectivity index (χ2v) is 6.50. The Bertz CT molecular complexity index is 784. The van der Waals surface area contributed by atoms with E-state index in [0.29, 0.717) is 37.8 Å². The first kappa shape index (κ1) is 19.6. The number of hydrogen-bond acceptors (Lipinski definition) is 6. The molecule has 1 aromatic carbocycles. The monoisotopic (exact) mass is 382 g/mol. The van der Waals surface area contributed by atoms with Crippen molar-refractivity contribution >= 4 is 29.1 Å². The van der Waals surface area contributed by atoms with E-state index >= 15 is 0 Å². The van der Waals surface area contributed by atoms with Crippen LogP contribution in [-0.4, -0.2) is 66.0 Å². The standard InChI is InChI=1S/C20H26N6O2/c1-3-24(4-2)17-8-6-16(7-9-17)23-18(27)19(28)25-12-14-26(15-13-25)20-21-10-5-11-22-20/h5-11H,3-4,12-15H2,1-2H3,(H,23,27). The number of piperazine rings is 1. The predicted molar refractivity (Wildman–Crippen MR) is 109 cm³/mol. The van der Waals surface area contributed by atoms with Crippen LogP contribution in [0.4, 0.5) is 17.3 Å². The highest BCUT2D eigenvalue weighted by molar-refractivity contribution is 6.39. The Labute approximate surface area is 165 Å². The SMILES string of the molecule is CCN(CC)c1ccc(NC(=O)C(=O)N2CCN(c3ncccn3)CC2)cc1. The molecule has 8 nitrogen and oxygen atoms in total. The molecule has 8 heteroatoms. The van der Waals surface area contributed by atoms with Gasteiger partial charge in [0.15, 0.2) is 0 Å². The van der Waals surface area contributed by atoms with Crippen molar-refractivity contribution < 1.29 is 9.59 Å². The molecule has 1 N–H and O–H groups in total. The summed E-state index contributed by atoms with van der Waals surface area (Å²) in [5, 5.41) is 2.70. The summed E-state index contributed by atoms with van der Waals surface area (Å²) in [4.78, 5) is 39.1. The molecule has 1 saturated heterocycles. The van der Waals surface area contributed by atoms with Gasteiger partial charge in [0, 0.05) is 63.0 Å². The maximum absolute atomic E-state index is 12.5. The maximum atomic E-state index is 12.5. The zero-order valence-corrected chi connectivity index (χ0v) is 16.3. The first-order chi connectivity index (χ1) is 13.6. The van der Waals surface area contributed by atoms with Gasteiger partial charge in [0.1, 0.15) is 0 Å². The number of rotatable bonds is 5. The molecule has 0 atom stereocenters. The van der Waals surface area contributed by atoms with Gasteiger partial charge >= 0.3 is 11.8 Å². The van der Waals surface area contributed by atoms with Crippen LogP contribution in [0, 0.1) is 0 Å². The smallest absolute Gasteiger partial charge is 0.313 e. The average Bonchev–Trinajstić information content (AvgIpc) is 2.76. The molecule has 0 aliphatic carbocycles. The molecule has 0 radical (unpaired) electrons. The predicted octanol–water partition coefficient (Wildman–Crippen LogP) is 1.61. The molecule has 2 heterocycles. The highest BCUT2D eigenvalue weighted by Gasteiger charge is 2.26. The lowest BCUT2D eigenvalue weighted by atomic mass is 10.2. The van der Waals surface area contributed by atoms with E-state index < -0.39 is 11.8 Å². The van der Waals surface area contributed by atoms with Gasteiger partial charge in [-0.25, -0.2) is 9.97 Å². The molecular weight excluding hydrogens is 356 g/mol. The lowest BCUT2D eigenvalue weighted by Crippen LogP contribution is -2.52. The zero-order chi connectivity index (χ0) is 19.9. The molecule has 148 valence electrons.